The molecular formula is C17H18BrNO4. The van der Waals surface area contributed by atoms with Crippen molar-refractivity contribution in [2.75, 3.05) is 7.05 Å². The monoisotopic (exact) mass is 379 g/mol. The number of carboxylic acids is 2. The highest BCUT2D eigenvalue weighted by Crippen LogP contribution is 2.48. The lowest BCUT2D eigenvalue weighted by molar-refractivity contribution is -0.134. The maximum Gasteiger partial charge on any atom is 0.334 e. The van der Waals surface area contributed by atoms with E-state index in [4.69, 9.17) is 0 Å². The highest BCUT2D eigenvalue weighted by molar-refractivity contribution is 9.10. The van der Waals surface area contributed by atoms with Gasteiger partial charge >= 0.3 is 11.9 Å². The average molecular weight is 380 g/mol. The van der Waals surface area contributed by atoms with Crippen molar-refractivity contribution in [3.05, 3.63) is 56.8 Å². The van der Waals surface area contributed by atoms with Crippen LogP contribution in [0.2, 0.25) is 0 Å². The third kappa shape index (κ3) is 2.47. The molecule has 1 heterocycles. The van der Waals surface area contributed by atoms with E-state index in [0.29, 0.717) is 21.4 Å². The van der Waals surface area contributed by atoms with Crippen molar-refractivity contribution in [2.45, 2.75) is 26.2 Å². The van der Waals surface area contributed by atoms with E-state index >= 15 is 0 Å². The lowest BCUT2D eigenvalue weighted by Crippen LogP contribution is -2.43. The van der Waals surface area contributed by atoms with E-state index in [9.17, 15) is 19.8 Å². The van der Waals surface area contributed by atoms with E-state index in [1.54, 1.807) is 57.0 Å². The summed E-state index contributed by atoms with van der Waals surface area (Å²) in [5.74, 6) is -2.25. The Kier molecular flexibility index (Phi) is 4.39. The molecule has 2 N–H and O–H groups in total. The Bertz CT molecular complexity index is 726. The fraction of sp³-hybridized carbons (Fsp3) is 0.294. The highest BCUT2D eigenvalue weighted by atomic mass is 79.9. The van der Waals surface area contributed by atoms with Crippen LogP contribution in [-0.2, 0) is 15.0 Å². The Hall–Kier alpha value is -2.08. The first-order valence-corrected chi connectivity index (χ1v) is 7.81. The fourth-order valence-corrected chi connectivity index (χ4v) is 3.99. The number of nitrogens with zero attached hydrogens (tertiary/aromatic N) is 1. The molecule has 1 aliphatic heterocycles. The van der Waals surface area contributed by atoms with Crippen LogP contribution in [0.15, 0.2) is 51.3 Å². The van der Waals surface area contributed by atoms with Gasteiger partial charge in [0.15, 0.2) is 0 Å². The van der Waals surface area contributed by atoms with Gasteiger partial charge in [0.25, 0.3) is 0 Å². The van der Waals surface area contributed by atoms with Gasteiger partial charge in [0.05, 0.1) is 16.6 Å². The Balaban J connectivity index is 2.95. The maximum absolute atomic E-state index is 12.0. The predicted octanol–water partition coefficient (Wildman–Crippen LogP) is 3.37. The minimum absolute atomic E-state index is 0.0647. The van der Waals surface area contributed by atoms with Crippen LogP contribution in [0, 0.1) is 0 Å². The summed E-state index contributed by atoms with van der Waals surface area (Å²) >= 11 is 3.43. The van der Waals surface area contributed by atoms with E-state index in [-0.39, 0.29) is 11.1 Å². The van der Waals surface area contributed by atoms with Crippen LogP contribution in [0.25, 0.3) is 0 Å². The predicted molar refractivity (Wildman–Crippen MR) is 89.9 cm³/mol. The zero-order valence-electron chi connectivity index (χ0n) is 13.3. The number of benzene rings is 1. The van der Waals surface area contributed by atoms with Gasteiger partial charge in [-0.05, 0) is 32.4 Å². The van der Waals surface area contributed by atoms with Gasteiger partial charge < -0.3 is 15.1 Å². The van der Waals surface area contributed by atoms with E-state index in [0.717, 1.165) is 0 Å². The first kappa shape index (κ1) is 17.3. The smallest absolute Gasteiger partial charge is 0.334 e. The topological polar surface area (TPSA) is 77.8 Å². The Morgan fingerprint density at radius 3 is 1.87 bits per heavy atom. The van der Waals surface area contributed by atoms with Crippen molar-refractivity contribution in [3.8, 4) is 0 Å². The SMILES string of the molecule is CC1=C(C(=O)O)C(C)(c2ccccc2Br)C(C(=O)O)=C(C)N1C. The number of aliphatic carboxylic acids is 2. The second-order valence-corrected chi connectivity index (χ2v) is 6.55. The van der Waals surface area contributed by atoms with Crippen LogP contribution in [0.5, 0.6) is 0 Å². The molecule has 0 aromatic heterocycles. The van der Waals surface area contributed by atoms with Gasteiger partial charge in [0.1, 0.15) is 0 Å². The average Bonchev–Trinajstić information content (AvgIpc) is 2.44. The molecule has 2 rings (SSSR count). The molecule has 1 aromatic carbocycles. The molecule has 1 aromatic rings. The largest absolute Gasteiger partial charge is 0.478 e. The molecule has 1 aliphatic rings. The zero-order valence-corrected chi connectivity index (χ0v) is 14.9. The Labute approximate surface area is 143 Å². The van der Waals surface area contributed by atoms with Crippen LogP contribution in [0.1, 0.15) is 26.3 Å². The second kappa shape index (κ2) is 5.85. The highest BCUT2D eigenvalue weighted by Gasteiger charge is 2.48. The summed E-state index contributed by atoms with van der Waals surface area (Å²) in [6.45, 7) is 5.04. The minimum atomic E-state index is -1.27. The first-order chi connectivity index (χ1) is 10.6. The number of hydrogen-bond acceptors (Lipinski definition) is 3. The quantitative estimate of drug-likeness (QED) is 0.841. The molecule has 0 saturated carbocycles. The van der Waals surface area contributed by atoms with E-state index in [2.05, 4.69) is 15.9 Å². The molecule has 0 radical (unpaired) electrons. The molecule has 0 unspecified atom stereocenters. The summed E-state index contributed by atoms with van der Waals surface area (Å²) in [5, 5.41) is 19.6. The molecule has 0 bridgehead atoms. The van der Waals surface area contributed by atoms with Crippen molar-refractivity contribution in [3.63, 3.8) is 0 Å². The van der Waals surface area contributed by atoms with Crippen LogP contribution >= 0.6 is 15.9 Å². The molecule has 122 valence electrons. The van der Waals surface area contributed by atoms with E-state index < -0.39 is 17.4 Å². The van der Waals surface area contributed by atoms with Gasteiger partial charge in [-0.25, -0.2) is 9.59 Å². The molecule has 23 heavy (non-hydrogen) atoms. The summed E-state index contributed by atoms with van der Waals surface area (Å²) in [6.07, 6.45) is 0. The third-order valence-electron chi connectivity index (χ3n) is 4.57. The van der Waals surface area contributed by atoms with E-state index in [1.165, 1.54) is 0 Å². The third-order valence-corrected chi connectivity index (χ3v) is 5.26. The van der Waals surface area contributed by atoms with Gasteiger partial charge in [0, 0.05) is 22.9 Å². The lowest BCUT2D eigenvalue weighted by atomic mass is 9.67. The van der Waals surface area contributed by atoms with Crippen molar-refractivity contribution in [1.29, 1.82) is 0 Å². The minimum Gasteiger partial charge on any atom is -0.478 e. The van der Waals surface area contributed by atoms with Crippen LogP contribution in [0.4, 0.5) is 0 Å². The normalized spacial score (nSPS) is 17.5. The summed E-state index contributed by atoms with van der Waals surface area (Å²) in [4.78, 5) is 25.6. The number of carbonyl (C=O) groups is 2. The standard InChI is InChI=1S/C17H18BrNO4/c1-9-13(15(20)21)17(3,11-7-5-6-8-12(11)18)14(16(22)23)10(2)19(9)4/h5-8H,1-4H3,(H,20,21)(H,22,23). The molecule has 0 amide bonds. The van der Waals surface area contributed by atoms with Gasteiger partial charge in [-0.3, -0.25) is 0 Å². The zero-order chi connectivity index (χ0) is 17.5. The van der Waals surface area contributed by atoms with Crippen molar-refractivity contribution >= 4 is 27.9 Å². The molecule has 0 atom stereocenters. The maximum atomic E-state index is 12.0. The van der Waals surface area contributed by atoms with Gasteiger partial charge in [-0.1, -0.05) is 34.1 Å². The Morgan fingerprint density at radius 2 is 1.48 bits per heavy atom. The Morgan fingerprint density at radius 1 is 1.04 bits per heavy atom. The van der Waals surface area contributed by atoms with Crippen LogP contribution in [-0.4, -0.2) is 34.1 Å². The number of rotatable bonds is 3. The van der Waals surface area contributed by atoms with Crippen LogP contribution < -0.4 is 0 Å². The molecular weight excluding hydrogens is 362 g/mol. The number of hydrogen-bond donors (Lipinski definition) is 2. The molecule has 6 heteroatoms. The lowest BCUT2D eigenvalue weighted by Gasteiger charge is -2.42. The van der Waals surface area contributed by atoms with Crippen LogP contribution in [0.3, 0.4) is 0 Å². The summed E-state index contributed by atoms with van der Waals surface area (Å²) in [6, 6.07) is 7.11. The van der Waals surface area contributed by atoms with Gasteiger partial charge in [-0.2, -0.15) is 0 Å². The summed E-state index contributed by atoms with van der Waals surface area (Å²) in [7, 11) is 1.68. The summed E-state index contributed by atoms with van der Waals surface area (Å²) in [5.41, 5.74) is 0.529. The first-order valence-electron chi connectivity index (χ1n) is 7.02. The molecule has 0 spiro atoms. The van der Waals surface area contributed by atoms with Gasteiger partial charge in [-0.15, -0.1) is 0 Å². The van der Waals surface area contributed by atoms with Crippen molar-refractivity contribution in [2.24, 2.45) is 0 Å². The summed E-state index contributed by atoms with van der Waals surface area (Å²) < 4.78 is 0.671. The molecule has 5 nitrogen and oxygen atoms in total. The van der Waals surface area contributed by atoms with Gasteiger partial charge in [0.2, 0.25) is 0 Å². The molecule has 0 aliphatic carbocycles. The number of carboxylic acid groups (broad SMARTS) is 2. The molecule has 0 saturated heterocycles. The van der Waals surface area contributed by atoms with Crippen molar-refractivity contribution < 1.29 is 19.8 Å². The number of allylic oxidation sites excluding steroid dienone is 2. The molecule has 0 fully saturated rings. The second-order valence-electron chi connectivity index (χ2n) is 5.69. The number of halogens is 1. The van der Waals surface area contributed by atoms with Crippen molar-refractivity contribution in [1.82, 2.24) is 4.90 Å². The fourth-order valence-electron chi connectivity index (χ4n) is 3.31. The van der Waals surface area contributed by atoms with E-state index in [1.807, 2.05) is 0 Å².